The van der Waals surface area contributed by atoms with Gasteiger partial charge in [0, 0.05) is 39.3 Å². The van der Waals surface area contributed by atoms with Crippen LogP contribution in [-0.4, -0.2) is 55.0 Å². The summed E-state index contributed by atoms with van der Waals surface area (Å²) in [5, 5.41) is 4.58. The van der Waals surface area contributed by atoms with Gasteiger partial charge in [0.05, 0.1) is 16.6 Å². The molecular weight excluding hydrogens is 295 g/mol. The van der Waals surface area contributed by atoms with Crippen molar-refractivity contribution in [3.05, 3.63) is 33.8 Å². The molecule has 0 aromatic heterocycles. The van der Waals surface area contributed by atoms with Crippen LogP contribution in [0.5, 0.6) is 0 Å². The summed E-state index contributed by atoms with van der Waals surface area (Å²) in [5.74, 6) is 1.07. The molecule has 1 N–H and O–H groups in total. The highest BCUT2D eigenvalue weighted by molar-refractivity contribution is 6.42. The molecule has 2 aliphatic heterocycles. The monoisotopic (exact) mass is 312 g/mol. The van der Waals surface area contributed by atoms with Crippen molar-refractivity contribution in [2.75, 3.05) is 39.3 Å². The minimum Gasteiger partial charge on any atom is -0.354 e. The Bertz CT molecular complexity index is 510. The predicted octanol–water partition coefficient (Wildman–Crippen LogP) is 2.07. The molecule has 108 valence electrons. The molecule has 0 amide bonds. The van der Waals surface area contributed by atoms with Crippen molar-refractivity contribution >= 4 is 29.2 Å². The maximum Gasteiger partial charge on any atom is 0.194 e. The molecule has 0 radical (unpaired) electrons. The number of nitrogens with one attached hydrogen (secondary N) is 1. The topological polar surface area (TPSA) is 30.9 Å². The first-order chi connectivity index (χ1) is 9.72. The number of hydrogen-bond donors (Lipinski definition) is 1. The van der Waals surface area contributed by atoms with Crippen molar-refractivity contribution in [2.24, 2.45) is 4.99 Å². The molecule has 2 aliphatic rings. The van der Waals surface area contributed by atoms with Crippen LogP contribution < -0.4 is 5.32 Å². The summed E-state index contributed by atoms with van der Waals surface area (Å²) in [5.41, 5.74) is 1.21. The highest BCUT2D eigenvalue weighted by Crippen LogP contribution is 2.23. The third-order valence-electron chi connectivity index (χ3n) is 3.72. The third kappa shape index (κ3) is 3.19. The van der Waals surface area contributed by atoms with E-state index in [2.05, 4.69) is 20.1 Å². The van der Waals surface area contributed by atoms with Gasteiger partial charge in [0.2, 0.25) is 0 Å². The Hall–Kier alpha value is -0.970. The van der Waals surface area contributed by atoms with E-state index in [-0.39, 0.29) is 0 Å². The second-order valence-corrected chi connectivity index (χ2v) is 5.96. The average molecular weight is 313 g/mol. The summed E-state index contributed by atoms with van der Waals surface area (Å²) in [6.45, 7) is 6.92. The summed E-state index contributed by atoms with van der Waals surface area (Å²) in [7, 11) is 0. The van der Waals surface area contributed by atoms with Gasteiger partial charge >= 0.3 is 0 Å². The molecule has 1 fully saturated rings. The number of piperazine rings is 1. The molecule has 0 unspecified atom stereocenters. The van der Waals surface area contributed by atoms with Crippen molar-refractivity contribution in [1.29, 1.82) is 0 Å². The lowest BCUT2D eigenvalue weighted by atomic mass is 10.2. The van der Waals surface area contributed by atoms with Crippen LogP contribution in [0.15, 0.2) is 23.2 Å². The van der Waals surface area contributed by atoms with Crippen LogP contribution in [0.4, 0.5) is 0 Å². The smallest absolute Gasteiger partial charge is 0.194 e. The minimum absolute atomic E-state index is 0.616. The molecular formula is C14H18Cl2N4. The van der Waals surface area contributed by atoms with Crippen LogP contribution in [0.2, 0.25) is 10.0 Å². The first kappa shape index (κ1) is 14.0. The van der Waals surface area contributed by atoms with E-state index in [1.165, 1.54) is 5.56 Å². The number of nitrogens with zero attached hydrogens (tertiary/aromatic N) is 3. The van der Waals surface area contributed by atoms with Gasteiger partial charge in [-0.2, -0.15) is 0 Å². The van der Waals surface area contributed by atoms with Crippen LogP contribution in [0.3, 0.4) is 0 Å². The summed E-state index contributed by atoms with van der Waals surface area (Å²) >= 11 is 12.0. The van der Waals surface area contributed by atoms with E-state index in [4.69, 9.17) is 23.2 Å². The van der Waals surface area contributed by atoms with Crippen molar-refractivity contribution in [3.8, 4) is 0 Å². The molecule has 0 spiro atoms. The lowest BCUT2D eigenvalue weighted by molar-refractivity contribution is 0.173. The summed E-state index contributed by atoms with van der Waals surface area (Å²) in [4.78, 5) is 9.24. The summed E-state index contributed by atoms with van der Waals surface area (Å²) in [6.07, 6.45) is 0. The maximum absolute atomic E-state index is 6.06. The van der Waals surface area contributed by atoms with Gasteiger partial charge in [-0.1, -0.05) is 29.3 Å². The second kappa shape index (κ2) is 6.20. The van der Waals surface area contributed by atoms with E-state index in [1.54, 1.807) is 0 Å². The summed E-state index contributed by atoms with van der Waals surface area (Å²) in [6, 6.07) is 5.87. The molecule has 6 heteroatoms. The zero-order valence-electron chi connectivity index (χ0n) is 11.3. The minimum atomic E-state index is 0.616. The molecule has 1 saturated heterocycles. The molecule has 20 heavy (non-hydrogen) atoms. The van der Waals surface area contributed by atoms with E-state index < -0.39 is 0 Å². The standard InChI is InChI=1S/C14H18Cl2N4/c15-12-2-1-11(9-13(12)16)10-19-5-7-20(8-6-19)14-17-3-4-18-14/h1-2,9H,3-8,10H2,(H,17,18). The molecule has 0 aliphatic carbocycles. The Morgan fingerprint density at radius 3 is 2.55 bits per heavy atom. The second-order valence-electron chi connectivity index (χ2n) is 5.14. The van der Waals surface area contributed by atoms with E-state index in [0.717, 1.165) is 51.8 Å². The van der Waals surface area contributed by atoms with Gasteiger partial charge in [-0.25, -0.2) is 0 Å². The summed E-state index contributed by atoms with van der Waals surface area (Å²) < 4.78 is 0. The quantitative estimate of drug-likeness (QED) is 0.907. The van der Waals surface area contributed by atoms with Crippen molar-refractivity contribution in [1.82, 2.24) is 15.1 Å². The van der Waals surface area contributed by atoms with Gasteiger partial charge in [-0.3, -0.25) is 9.89 Å². The zero-order valence-corrected chi connectivity index (χ0v) is 12.8. The highest BCUT2D eigenvalue weighted by atomic mass is 35.5. The molecule has 1 aromatic rings. The van der Waals surface area contributed by atoms with Gasteiger partial charge in [0.15, 0.2) is 5.96 Å². The van der Waals surface area contributed by atoms with Gasteiger partial charge < -0.3 is 10.2 Å². The Morgan fingerprint density at radius 2 is 1.90 bits per heavy atom. The largest absolute Gasteiger partial charge is 0.354 e. The first-order valence-electron chi connectivity index (χ1n) is 6.92. The van der Waals surface area contributed by atoms with Gasteiger partial charge in [0.1, 0.15) is 0 Å². The van der Waals surface area contributed by atoms with Crippen molar-refractivity contribution in [3.63, 3.8) is 0 Å². The Labute approximate surface area is 129 Å². The Morgan fingerprint density at radius 1 is 1.10 bits per heavy atom. The Kier molecular flexibility index (Phi) is 4.34. The third-order valence-corrected chi connectivity index (χ3v) is 4.46. The van der Waals surface area contributed by atoms with Gasteiger partial charge in [-0.15, -0.1) is 0 Å². The van der Waals surface area contributed by atoms with Crippen LogP contribution in [0.25, 0.3) is 0 Å². The number of benzene rings is 1. The fourth-order valence-electron chi connectivity index (χ4n) is 2.61. The SMILES string of the molecule is Clc1ccc(CN2CCN(C3=NCCN3)CC2)cc1Cl. The molecule has 1 aromatic carbocycles. The van der Waals surface area contributed by atoms with Gasteiger partial charge in [-0.05, 0) is 17.7 Å². The van der Waals surface area contributed by atoms with E-state index in [9.17, 15) is 0 Å². The molecule has 2 heterocycles. The predicted molar refractivity (Wildman–Crippen MR) is 83.6 cm³/mol. The lowest BCUT2D eigenvalue weighted by Crippen LogP contribution is -2.51. The molecule has 4 nitrogen and oxygen atoms in total. The van der Waals surface area contributed by atoms with Gasteiger partial charge in [0.25, 0.3) is 0 Å². The number of hydrogen-bond acceptors (Lipinski definition) is 4. The fourth-order valence-corrected chi connectivity index (χ4v) is 2.93. The zero-order chi connectivity index (χ0) is 13.9. The number of guanidine groups is 1. The van der Waals surface area contributed by atoms with Crippen LogP contribution in [0, 0.1) is 0 Å². The van der Waals surface area contributed by atoms with Crippen molar-refractivity contribution in [2.45, 2.75) is 6.54 Å². The van der Waals surface area contributed by atoms with Crippen LogP contribution in [-0.2, 0) is 6.54 Å². The van der Waals surface area contributed by atoms with E-state index >= 15 is 0 Å². The van der Waals surface area contributed by atoms with Crippen LogP contribution in [0.1, 0.15) is 5.56 Å². The first-order valence-corrected chi connectivity index (χ1v) is 7.67. The molecule has 0 atom stereocenters. The lowest BCUT2D eigenvalue weighted by Gasteiger charge is -2.35. The average Bonchev–Trinajstić information content (AvgIpc) is 2.98. The number of aliphatic imine (C=N–C) groups is 1. The molecule has 0 bridgehead atoms. The van der Waals surface area contributed by atoms with Crippen molar-refractivity contribution < 1.29 is 0 Å². The van der Waals surface area contributed by atoms with Crippen LogP contribution >= 0.6 is 23.2 Å². The van der Waals surface area contributed by atoms with E-state index in [0.29, 0.717) is 10.0 Å². The Balaban J connectivity index is 1.54. The normalized spacial score (nSPS) is 19.9. The maximum atomic E-state index is 6.06. The molecule has 3 rings (SSSR count). The fraction of sp³-hybridized carbons (Fsp3) is 0.500. The molecule has 0 saturated carbocycles. The number of halogens is 2. The van der Waals surface area contributed by atoms with E-state index in [1.807, 2.05) is 18.2 Å². The number of rotatable bonds is 2. The highest BCUT2D eigenvalue weighted by Gasteiger charge is 2.21.